The van der Waals surface area contributed by atoms with Gasteiger partial charge in [0.2, 0.25) is 0 Å². The Kier molecular flexibility index (Phi) is 4.85. The van der Waals surface area contributed by atoms with Crippen molar-refractivity contribution in [2.24, 2.45) is 5.92 Å². The minimum absolute atomic E-state index is 0.0534. The van der Waals surface area contributed by atoms with Crippen LogP contribution in [0.15, 0.2) is 12.2 Å². The normalized spacial score (nSPS) is 13.9. The maximum Gasteiger partial charge on any atom is 0.158 e. The van der Waals surface area contributed by atoms with Crippen molar-refractivity contribution in [3.05, 3.63) is 12.2 Å². The second-order valence-corrected chi connectivity index (χ2v) is 2.30. The lowest BCUT2D eigenvalue weighted by Gasteiger charge is -2.00. The summed E-state index contributed by atoms with van der Waals surface area (Å²) < 4.78 is 0. The summed E-state index contributed by atoms with van der Waals surface area (Å²) in [5.41, 5.74) is 0. The molecule has 10 heavy (non-hydrogen) atoms. The van der Waals surface area contributed by atoms with Gasteiger partial charge >= 0.3 is 0 Å². The Bertz CT molecular complexity index is 127. The van der Waals surface area contributed by atoms with Gasteiger partial charge in [-0.1, -0.05) is 19.9 Å². The fourth-order valence-corrected chi connectivity index (χ4v) is 0.534. The van der Waals surface area contributed by atoms with Crippen molar-refractivity contribution in [3.63, 3.8) is 0 Å². The first-order valence-electron chi connectivity index (χ1n) is 3.53. The van der Waals surface area contributed by atoms with Crippen LogP contribution in [0.5, 0.6) is 0 Å². The van der Waals surface area contributed by atoms with E-state index < -0.39 is 0 Å². The molecule has 0 aliphatic carbocycles. The van der Waals surface area contributed by atoms with E-state index >= 15 is 0 Å². The predicted octanol–water partition coefficient (Wildman–Crippen LogP) is 1.15. The van der Waals surface area contributed by atoms with Crippen LogP contribution in [0.2, 0.25) is 0 Å². The van der Waals surface area contributed by atoms with Crippen molar-refractivity contribution in [3.8, 4) is 0 Å². The molecule has 0 aromatic rings. The second-order valence-electron chi connectivity index (χ2n) is 2.30. The van der Waals surface area contributed by atoms with E-state index in [2.05, 4.69) is 0 Å². The van der Waals surface area contributed by atoms with Crippen LogP contribution in [0.1, 0.15) is 20.3 Å². The number of aliphatic hydroxyl groups is 1. The molecule has 0 radical (unpaired) electrons. The molecule has 1 unspecified atom stereocenters. The fraction of sp³-hybridized carbons (Fsp3) is 0.625. The largest absolute Gasteiger partial charge is 0.392 e. The predicted molar refractivity (Wildman–Crippen MR) is 40.7 cm³/mol. The molecule has 1 N–H and O–H groups in total. The molecule has 1 atom stereocenters. The van der Waals surface area contributed by atoms with E-state index in [-0.39, 0.29) is 18.3 Å². The van der Waals surface area contributed by atoms with E-state index in [0.29, 0.717) is 0 Å². The van der Waals surface area contributed by atoms with Gasteiger partial charge in [-0.15, -0.1) is 0 Å². The van der Waals surface area contributed by atoms with Gasteiger partial charge in [-0.2, -0.15) is 0 Å². The van der Waals surface area contributed by atoms with Crippen LogP contribution >= 0.6 is 0 Å². The molecule has 2 nitrogen and oxygen atoms in total. The highest BCUT2D eigenvalue weighted by atomic mass is 16.2. The molecule has 0 aliphatic heterocycles. The summed E-state index contributed by atoms with van der Waals surface area (Å²) >= 11 is 0. The standard InChI is InChI=1S/C8H14O2/c1-3-7(2)8(10)5-4-6-9/h4-5,7,9H,3,6H2,1-2H3/b5-4+. The summed E-state index contributed by atoms with van der Waals surface area (Å²) in [5.74, 6) is 0.180. The van der Waals surface area contributed by atoms with Crippen LogP contribution in [0, 0.1) is 5.92 Å². The highest BCUT2D eigenvalue weighted by Crippen LogP contribution is 2.02. The number of ketones is 1. The fourth-order valence-electron chi connectivity index (χ4n) is 0.534. The summed E-state index contributed by atoms with van der Waals surface area (Å²) in [6.45, 7) is 3.79. The topological polar surface area (TPSA) is 37.3 Å². The average molecular weight is 142 g/mol. The first kappa shape index (κ1) is 9.37. The van der Waals surface area contributed by atoms with E-state index in [0.717, 1.165) is 6.42 Å². The van der Waals surface area contributed by atoms with Crippen LogP contribution in [-0.2, 0) is 4.79 Å². The zero-order chi connectivity index (χ0) is 7.98. The van der Waals surface area contributed by atoms with Crippen LogP contribution in [0.3, 0.4) is 0 Å². The minimum atomic E-state index is -0.0534. The molecule has 0 bridgehead atoms. The van der Waals surface area contributed by atoms with Crippen LogP contribution < -0.4 is 0 Å². The van der Waals surface area contributed by atoms with Crippen LogP contribution in [-0.4, -0.2) is 17.5 Å². The number of hydrogen-bond donors (Lipinski definition) is 1. The van der Waals surface area contributed by atoms with Gasteiger partial charge in [0.05, 0.1) is 6.61 Å². The van der Waals surface area contributed by atoms with E-state index in [1.807, 2.05) is 13.8 Å². The number of allylic oxidation sites excluding steroid dienone is 1. The number of carbonyl (C=O) groups excluding carboxylic acids is 1. The summed E-state index contributed by atoms with van der Waals surface area (Å²) in [6, 6.07) is 0. The van der Waals surface area contributed by atoms with Gasteiger partial charge in [0.15, 0.2) is 5.78 Å². The molecule has 0 saturated heterocycles. The second kappa shape index (κ2) is 5.18. The van der Waals surface area contributed by atoms with E-state index in [1.165, 1.54) is 12.2 Å². The quantitative estimate of drug-likeness (QED) is 0.598. The Hall–Kier alpha value is -0.630. The molecule has 0 aliphatic rings. The number of rotatable bonds is 4. The first-order valence-corrected chi connectivity index (χ1v) is 3.53. The summed E-state index contributed by atoms with van der Waals surface area (Å²) in [4.78, 5) is 10.9. The van der Waals surface area contributed by atoms with Gasteiger partial charge in [0.1, 0.15) is 0 Å². The molecule has 0 rings (SSSR count). The van der Waals surface area contributed by atoms with Gasteiger partial charge in [-0.05, 0) is 12.5 Å². The van der Waals surface area contributed by atoms with Crippen molar-refractivity contribution in [2.75, 3.05) is 6.61 Å². The smallest absolute Gasteiger partial charge is 0.158 e. The molecular weight excluding hydrogens is 128 g/mol. The maximum atomic E-state index is 10.9. The van der Waals surface area contributed by atoms with E-state index in [9.17, 15) is 4.79 Å². The maximum absolute atomic E-state index is 10.9. The Balaban J connectivity index is 3.72. The lowest BCUT2D eigenvalue weighted by Crippen LogP contribution is -2.05. The molecule has 0 spiro atoms. The summed E-state index contributed by atoms with van der Waals surface area (Å²) in [6.07, 6.45) is 3.76. The lowest BCUT2D eigenvalue weighted by atomic mass is 10.0. The SMILES string of the molecule is CCC(C)C(=O)/C=C/CO. The monoisotopic (exact) mass is 142 g/mol. The van der Waals surface area contributed by atoms with Gasteiger partial charge in [-0.3, -0.25) is 4.79 Å². The van der Waals surface area contributed by atoms with E-state index in [1.54, 1.807) is 0 Å². The van der Waals surface area contributed by atoms with Gasteiger partial charge < -0.3 is 5.11 Å². The third-order valence-corrected chi connectivity index (χ3v) is 1.49. The van der Waals surface area contributed by atoms with Crippen molar-refractivity contribution in [2.45, 2.75) is 20.3 Å². The third kappa shape index (κ3) is 3.41. The molecule has 0 amide bonds. The zero-order valence-corrected chi connectivity index (χ0v) is 6.50. The Morgan fingerprint density at radius 2 is 2.30 bits per heavy atom. The molecule has 2 heteroatoms. The van der Waals surface area contributed by atoms with Gasteiger partial charge in [0, 0.05) is 5.92 Å². The molecule has 58 valence electrons. The Morgan fingerprint density at radius 3 is 2.70 bits per heavy atom. The van der Waals surface area contributed by atoms with E-state index in [4.69, 9.17) is 5.11 Å². The van der Waals surface area contributed by atoms with Crippen LogP contribution in [0.25, 0.3) is 0 Å². The van der Waals surface area contributed by atoms with Gasteiger partial charge in [-0.25, -0.2) is 0 Å². The van der Waals surface area contributed by atoms with Crippen molar-refractivity contribution >= 4 is 5.78 Å². The first-order chi connectivity index (χ1) is 4.72. The van der Waals surface area contributed by atoms with Crippen molar-refractivity contribution in [1.29, 1.82) is 0 Å². The summed E-state index contributed by atoms with van der Waals surface area (Å²) in [7, 11) is 0. The number of aliphatic hydroxyl groups excluding tert-OH is 1. The molecule has 0 heterocycles. The lowest BCUT2D eigenvalue weighted by molar-refractivity contribution is -0.117. The number of hydrogen-bond acceptors (Lipinski definition) is 2. The van der Waals surface area contributed by atoms with Crippen molar-refractivity contribution in [1.82, 2.24) is 0 Å². The molecule has 0 fully saturated rings. The van der Waals surface area contributed by atoms with Gasteiger partial charge in [0.25, 0.3) is 0 Å². The highest BCUT2D eigenvalue weighted by molar-refractivity contribution is 5.91. The summed E-state index contributed by atoms with van der Waals surface area (Å²) in [5, 5.41) is 8.33. The molecular formula is C8H14O2. The molecule has 0 aromatic heterocycles. The highest BCUT2D eigenvalue weighted by Gasteiger charge is 2.04. The molecule has 0 aromatic carbocycles. The van der Waals surface area contributed by atoms with Crippen LogP contribution in [0.4, 0.5) is 0 Å². The Morgan fingerprint density at radius 1 is 1.70 bits per heavy atom. The third-order valence-electron chi connectivity index (χ3n) is 1.49. The Labute approximate surface area is 61.6 Å². The zero-order valence-electron chi connectivity index (χ0n) is 6.50. The molecule has 0 saturated carbocycles. The average Bonchev–Trinajstić information content (AvgIpc) is 1.98. The van der Waals surface area contributed by atoms with Crippen molar-refractivity contribution < 1.29 is 9.90 Å². The number of carbonyl (C=O) groups is 1. The minimum Gasteiger partial charge on any atom is -0.392 e.